The number of ketones is 2. The molecule has 1 N–H and O–H groups in total. The van der Waals surface area contributed by atoms with Crippen LogP contribution in [0.1, 0.15) is 63.6 Å². The smallest absolute Gasteiger partial charge is 0.388 e. The van der Waals surface area contributed by atoms with Crippen LogP contribution in [0.25, 0.3) is 0 Å². The molecule has 3 aliphatic carbocycles. The van der Waals surface area contributed by atoms with Crippen LogP contribution in [-0.2, 0) is 16.0 Å². The number of ether oxygens (including phenoxy) is 1. The van der Waals surface area contributed by atoms with E-state index in [1.165, 1.54) is 6.07 Å². The van der Waals surface area contributed by atoms with Gasteiger partial charge in [0.05, 0.1) is 5.69 Å². The number of carbonyl (C=O) groups is 2. The first kappa shape index (κ1) is 25.7. The fourth-order valence-electron chi connectivity index (χ4n) is 7.91. The minimum Gasteiger partial charge on any atom is -0.388 e. The van der Waals surface area contributed by atoms with Crippen molar-refractivity contribution in [3.05, 3.63) is 33.6 Å². The van der Waals surface area contributed by atoms with E-state index < -0.39 is 12.2 Å². The van der Waals surface area contributed by atoms with Crippen molar-refractivity contribution in [2.75, 3.05) is 6.54 Å². The molecule has 196 valence electrons. The number of Topliss-reactive ketones (excluding diaryl/α,β-unsaturated/α-hetero) is 1. The van der Waals surface area contributed by atoms with E-state index in [0.717, 1.165) is 44.3 Å². The number of halogens is 4. The number of allylic oxidation sites excluding steroid dienone is 2. The molecule has 9 heteroatoms. The molecule has 1 aromatic rings. The highest BCUT2D eigenvalue weighted by Crippen LogP contribution is 2.64. The second kappa shape index (κ2) is 8.84. The number of hydrogen-bond donors (Lipinski definition) is 1. The predicted octanol–water partition coefficient (Wildman–Crippen LogP) is 6.08. The molecule has 0 radical (unpaired) electrons. The van der Waals surface area contributed by atoms with Gasteiger partial charge in [0.25, 0.3) is 0 Å². The highest BCUT2D eigenvalue weighted by Gasteiger charge is 2.60. The van der Waals surface area contributed by atoms with Gasteiger partial charge in [-0.1, -0.05) is 13.8 Å². The maximum atomic E-state index is 13.6. The van der Waals surface area contributed by atoms with E-state index in [1.54, 1.807) is 13.0 Å². The number of pyridine rings is 1. The zero-order chi connectivity index (χ0) is 26.0. The number of nitrogens with zero attached hydrogens (tertiary/aromatic N) is 1. The summed E-state index contributed by atoms with van der Waals surface area (Å²) < 4.78 is 43.8. The number of fused-ring (bicyclic) bond motifs is 5. The van der Waals surface area contributed by atoms with Crippen LogP contribution >= 0.6 is 15.9 Å². The maximum Gasteiger partial charge on any atom is 0.574 e. The quantitative estimate of drug-likeness (QED) is 0.477. The third-order valence-electron chi connectivity index (χ3n) is 9.75. The molecule has 36 heavy (non-hydrogen) atoms. The van der Waals surface area contributed by atoms with Gasteiger partial charge >= 0.3 is 6.36 Å². The molecule has 0 amide bonds. The number of hydrogen-bond acceptors (Lipinski definition) is 5. The molecular weight excluding hydrogens is 537 g/mol. The molecule has 3 fully saturated rings. The van der Waals surface area contributed by atoms with E-state index in [9.17, 15) is 22.8 Å². The molecule has 2 heterocycles. The third-order valence-corrected chi connectivity index (χ3v) is 10.6. The van der Waals surface area contributed by atoms with E-state index in [0.29, 0.717) is 34.3 Å². The second-order valence-electron chi connectivity index (χ2n) is 11.6. The number of rotatable bonds is 4. The monoisotopic (exact) mass is 568 g/mol. The van der Waals surface area contributed by atoms with Gasteiger partial charge in [-0.3, -0.25) is 9.59 Å². The Bertz CT molecular complexity index is 1140. The molecule has 0 spiro atoms. The van der Waals surface area contributed by atoms with Crippen molar-refractivity contribution < 1.29 is 27.5 Å². The van der Waals surface area contributed by atoms with Gasteiger partial charge in [-0.15, -0.1) is 13.2 Å². The van der Waals surface area contributed by atoms with E-state index in [2.05, 4.69) is 44.8 Å². The van der Waals surface area contributed by atoms with Gasteiger partial charge < -0.3 is 10.1 Å². The topological polar surface area (TPSA) is 68.3 Å². The first-order chi connectivity index (χ1) is 16.8. The zero-order valence-corrected chi connectivity index (χ0v) is 22.4. The summed E-state index contributed by atoms with van der Waals surface area (Å²) in [6.45, 7) is 6.87. The molecular formula is C27H32BrF3N2O3. The zero-order valence-electron chi connectivity index (χ0n) is 20.8. The summed E-state index contributed by atoms with van der Waals surface area (Å²) in [5.41, 5.74) is 1.37. The molecule has 1 saturated heterocycles. The predicted molar refractivity (Wildman–Crippen MR) is 131 cm³/mol. The summed E-state index contributed by atoms with van der Waals surface area (Å²) in [7, 11) is 0. The molecule has 3 unspecified atom stereocenters. The van der Waals surface area contributed by atoms with E-state index in [1.807, 2.05) is 0 Å². The van der Waals surface area contributed by atoms with Crippen LogP contribution < -0.4 is 10.1 Å². The van der Waals surface area contributed by atoms with Crippen molar-refractivity contribution >= 4 is 27.5 Å². The van der Waals surface area contributed by atoms with E-state index in [4.69, 9.17) is 0 Å². The lowest BCUT2D eigenvalue weighted by Gasteiger charge is -2.58. The Kier molecular flexibility index (Phi) is 6.32. The highest BCUT2D eigenvalue weighted by molar-refractivity contribution is 9.10. The fraction of sp³-hybridized carbons (Fsp3) is 0.667. The van der Waals surface area contributed by atoms with Gasteiger partial charge in [0.1, 0.15) is 5.78 Å². The van der Waals surface area contributed by atoms with Crippen molar-refractivity contribution in [1.82, 2.24) is 10.3 Å². The van der Waals surface area contributed by atoms with Crippen molar-refractivity contribution in [3.8, 4) is 5.88 Å². The summed E-state index contributed by atoms with van der Waals surface area (Å²) in [6, 6.07) is 1.52. The van der Waals surface area contributed by atoms with Gasteiger partial charge in [0.15, 0.2) is 5.78 Å². The Morgan fingerprint density at radius 3 is 2.69 bits per heavy atom. The SMILES string of the molecule is Cc1nc(OC(F)(F)F)c(CC(=O)[C@H]2CCC3C4CNC5=CC(=O)CC[C@]5(C)C4CC[C@@]32C)cc1Br. The number of aryl methyl sites for hydroxylation is 1. The standard InChI is InChI=1S/C27H32BrF3N2O3/c1-14-21(28)10-15(24(33-14)36-27(29,30)31)11-22(35)20-5-4-18-17-13-32-23-12-16(34)6-8-26(23,3)19(17)7-9-25(18,20)2/h10,12,17-20,32H,4-9,11,13H2,1-3H3/t17?,18?,19?,20-,25+,26-/m1/s1. The Labute approximate surface area is 217 Å². The molecule has 1 aliphatic heterocycles. The first-order valence-corrected chi connectivity index (χ1v) is 13.5. The highest BCUT2D eigenvalue weighted by atomic mass is 79.9. The Morgan fingerprint density at radius 2 is 1.97 bits per heavy atom. The lowest BCUT2D eigenvalue weighted by atomic mass is 9.49. The third kappa shape index (κ3) is 4.29. The molecule has 5 nitrogen and oxygen atoms in total. The average molecular weight is 569 g/mol. The largest absolute Gasteiger partial charge is 0.574 e. The molecule has 2 saturated carbocycles. The van der Waals surface area contributed by atoms with Gasteiger partial charge in [0.2, 0.25) is 5.88 Å². The average Bonchev–Trinajstić information content (AvgIpc) is 3.14. The summed E-state index contributed by atoms with van der Waals surface area (Å²) in [4.78, 5) is 29.6. The Hall–Kier alpha value is -1.90. The van der Waals surface area contributed by atoms with Gasteiger partial charge in [-0.05, 0) is 84.2 Å². The Morgan fingerprint density at radius 1 is 1.22 bits per heavy atom. The van der Waals surface area contributed by atoms with Crippen LogP contribution in [0.3, 0.4) is 0 Å². The number of nitrogens with one attached hydrogen (secondary N) is 1. The van der Waals surface area contributed by atoms with E-state index in [-0.39, 0.29) is 40.3 Å². The van der Waals surface area contributed by atoms with Crippen LogP contribution in [0, 0.1) is 41.4 Å². The normalized spacial score (nSPS) is 35.8. The number of aromatic nitrogens is 1. The lowest BCUT2D eigenvalue weighted by Crippen LogP contribution is -2.57. The lowest BCUT2D eigenvalue weighted by molar-refractivity contribution is -0.276. The molecule has 4 aliphatic rings. The van der Waals surface area contributed by atoms with Crippen molar-refractivity contribution in [2.24, 2.45) is 34.5 Å². The second-order valence-corrected chi connectivity index (χ2v) is 12.4. The fourth-order valence-corrected chi connectivity index (χ4v) is 8.27. The van der Waals surface area contributed by atoms with Crippen molar-refractivity contribution in [2.45, 2.75) is 72.1 Å². The number of piperidine rings is 1. The minimum atomic E-state index is -4.88. The van der Waals surface area contributed by atoms with Gasteiger partial charge in [-0.25, -0.2) is 4.98 Å². The molecule has 0 bridgehead atoms. The van der Waals surface area contributed by atoms with Gasteiger partial charge in [-0.2, -0.15) is 0 Å². The first-order valence-electron chi connectivity index (χ1n) is 12.8. The Balaban J connectivity index is 1.37. The number of carbonyl (C=O) groups excluding carboxylic acids is 2. The molecule has 0 aromatic carbocycles. The number of alkyl halides is 3. The van der Waals surface area contributed by atoms with Crippen LogP contribution in [0.15, 0.2) is 22.3 Å². The summed E-state index contributed by atoms with van der Waals surface area (Å²) >= 11 is 3.33. The molecule has 1 aromatic heterocycles. The van der Waals surface area contributed by atoms with Crippen molar-refractivity contribution in [3.63, 3.8) is 0 Å². The van der Waals surface area contributed by atoms with Crippen molar-refractivity contribution in [1.29, 1.82) is 0 Å². The van der Waals surface area contributed by atoms with Gasteiger partial charge in [0, 0.05) is 52.5 Å². The van der Waals surface area contributed by atoms with Crippen LogP contribution in [0.2, 0.25) is 0 Å². The summed E-state index contributed by atoms with van der Waals surface area (Å²) in [5.74, 6) is 0.636. The minimum absolute atomic E-state index is 0.0378. The van der Waals surface area contributed by atoms with E-state index >= 15 is 0 Å². The molecule has 6 atom stereocenters. The summed E-state index contributed by atoms with van der Waals surface area (Å²) in [5, 5.41) is 3.56. The maximum absolute atomic E-state index is 13.6. The molecule has 5 rings (SSSR count). The van der Waals surface area contributed by atoms with Crippen LogP contribution in [-0.4, -0.2) is 29.5 Å². The van der Waals surface area contributed by atoms with Crippen LogP contribution in [0.5, 0.6) is 5.88 Å². The summed E-state index contributed by atoms with van der Waals surface area (Å²) in [6.07, 6.45) is 1.80. The van der Waals surface area contributed by atoms with Crippen LogP contribution in [0.4, 0.5) is 13.2 Å².